The molecule has 3 rings (SSSR count). The molecule has 1 saturated heterocycles. The monoisotopic (exact) mass is 542 g/mol. The maximum absolute atomic E-state index is 12.3. The van der Waals surface area contributed by atoms with Gasteiger partial charge in [0.25, 0.3) is 0 Å². The fourth-order valence-corrected chi connectivity index (χ4v) is 3.55. The van der Waals surface area contributed by atoms with E-state index in [0.717, 1.165) is 37.4 Å². The molecule has 2 aromatic rings. The van der Waals surface area contributed by atoms with Gasteiger partial charge >= 0.3 is 0 Å². The van der Waals surface area contributed by atoms with Crippen LogP contribution in [0.15, 0.2) is 47.6 Å². The minimum absolute atomic E-state index is 0. The van der Waals surface area contributed by atoms with Crippen molar-refractivity contribution < 1.29 is 4.79 Å². The summed E-state index contributed by atoms with van der Waals surface area (Å²) >= 11 is 6.25. The Kier molecular flexibility index (Phi) is 9.64. The SMILES string of the molecule is CCc1cccc(NC(=O)CNC(=NC)NC2CCN(c3ncccc3Cl)C2)c1.I. The van der Waals surface area contributed by atoms with Crippen LogP contribution in [0.1, 0.15) is 18.9 Å². The molecular weight excluding hydrogens is 515 g/mol. The second kappa shape index (κ2) is 11.9. The minimum atomic E-state index is -0.116. The summed E-state index contributed by atoms with van der Waals surface area (Å²) in [5, 5.41) is 10.0. The molecule has 0 bridgehead atoms. The quantitative estimate of drug-likeness (QED) is 0.297. The highest BCUT2D eigenvalue weighted by Gasteiger charge is 2.25. The molecule has 1 aromatic carbocycles. The van der Waals surface area contributed by atoms with Crippen LogP contribution < -0.4 is 20.9 Å². The lowest BCUT2D eigenvalue weighted by Crippen LogP contribution is -2.46. The van der Waals surface area contributed by atoms with Crippen molar-refractivity contribution in [1.82, 2.24) is 15.6 Å². The van der Waals surface area contributed by atoms with Crippen LogP contribution in [-0.4, -0.2) is 49.6 Å². The lowest BCUT2D eigenvalue weighted by molar-refractivity contribution is -0.115. The molecule has 1 unspecified atom stereocenters. The van der Waals surface area contributed by atoms with Gasteiger partial charge in [0.15, 0.2) is 5.96 Å². The van der Waals surface area contributed by atoms with Gasteiger partial charge in [-0.25, -0.2) is 4.98 Å². The number of amides is 1. The minimum Gasteiger partial charge on any atom is -0.353 e. The number of halogens is 2. The van der Waals surface area contributed by atoms with Crippen LogP contribution in [0.4, 0.5) is 11.5 Å². The van der Waals surface area contributed by atoms with Crippen LogP contribution in [0.3, 0.4) is 0 Å². The number of hydrogen-bond donors (Lipinski definition) is 3. The van der Waals surface area contributed by atoms with Gasteiger partial charge in [0, 0.05) is 38.1 Å². The zero-order chi connectivity index (χ0) is 20.6. The van der Waals surface area contributed by atoms with Crippen molar-refractivity contribution in [2.24, 2.45) is 4.99 Å². The molecule has 1 aliphatic rings. The van der Waals surface area contributed by atoms with Gasteiger partial charge in [-0.3, -0.25) is 9.79 Å². The van der Waals surface area contributed by atoms with E-state index in [0.29, 0.717) is 11.0 Å². The van der Waals surface area contributed by atoms with E-state index in [-0.39, 0.29) is 42.5 Å². The number of hydrogen-bond acceptors (Lipinski definition) is 4. The second-order valence-corrected chi connectivity index (χ2v) is 7.32. The molecule has 0 aliphatic carbocycles. The third kappa shape index (κ3) is 6.73. The number of pyridine rings is 1. The molecule has 3 N–H and O–H groups in total. The molecule has 0 saturated carbocycles. The third-order valence-corrected chi connectivity index (χ3v) is 5.12. The van der Waals surface area contributed by atoms with Crippen molar-refractivity contribution in [2.45, 2.75) is 25.8 Å². The van der Waals surface area contributed by atoms with Gasteiger partial charge in [-0.2, -0.15) is 0 Å². The van der Waals surface area contributed by atoms with E-state index in [4.69, 9.17) is 11.6 Å². The summed E-state index contributed by atoms with van der Waals surface area (Å²) in [6, 6.07) is 11.7. The number of nitrogens with one attached hydrogen (secondary N) is 3. The van der Waals surface area contributed by atoms with Crippen LogP contribution >= 0.6 is 35.6 Å². The zero-order valence-corrected chi connectivity index (χ0v) is 20.3. The number of aliphatic imine (C=N–C) groups is 1. The lowest BCUT2D eigenvalue weighted by Gasteiger charge is -2.20. The van der Waals surface area contributed by atoms with E-state index >= 15 is 0 Å². The molecule has 0 radical (unpaired) electrons. The van der Waals surface area contributed by atoms with E-state index in [1.54, 1.807) is 13.2 Å². The van der Waals surface area contributed by atoms with Gasteiger partial charge in [0.1, 0.15) is 5.82 Å². The van der Waals surface area contributed by atoms with Crippen LogP contribution in [0.2, 0.25) is 5.02 Å². The first kappa shape index (κ1) is 24.2. The van der Waals surface area contributed by atoms with Crippen molar-refractivity contribution in [3.8, 4) is 0 Å². The number of benzene rings is 1. The van der Waals surface area contributed by atoms with E-state index in [1.165, 1.54) is 5.56 Å². The molecule has 30 heavy (non-hydrogen) atoms. The maximum atomic E-state index is 12.3. The van der Waals surface area contributed by atoms with E-state index < -0.39 is 0 Å². The normalized spacial score (nSPS) is 16.0. The largest absolute Gasteiger partial charge is 0.353 e. The van der Waals surface area contributed by atoms with E-state index in [9.17, 15) is 4.79 Å². The van der Waals surface area contributed by atoms with Crippen LogP contribution in [0.5, 0.6) is 0 Å². The van der Waals surface area contributed by atoms with Crippen molar-refractivity contribution in [2.75, 3.05) is 36.9 Å². The second-order valence-electron chi connectivity index (χ2n) is 6.91. The molecule has 1 amide bonds. The van der Waals surface area contributed by atoms with Crippen molar-refractivity contribution in [3.63, 3.8) is 0 Å². The standard InChI is InChI=1S/C21H27ClN6O.HI/c1-3-15-6-4-7-16(12-15)26-19(29)13-25-21(23-2)27-17-9-11-28(14-17)20-18(22)8-5-10-24-20;/h4-8,10,12,17H,3,9,11,13-14H2,1-2H3,(H,26,29)(H2,23,25,27);1H. The Bertz CT molecular complexity index is 878. The predicted octanol–water partition coefficient (Wildman–Crippen LogP) is 3.30. The summed E-state index contributed by atoms with van der Waals surface area (Å²) in [7, 11) is 1.69. The number of nitrogens with zero attached hydrogens (tertiary/aromatic N) is 3. The Morgan fingerprint density at radius 1 is 1.33 bits per heavy atom. The van der Waals surface area contributed by atoms with Gasteiger partial charge in [-0.1, -0.05) is 30.7 Å². The smallest absolute Gasteiger partial charge is 0.243 e. The van der Waals surface area contributed by atoms with Gasteiger partial charge in [0.2, 0.25) is 5.91 Å². The van der Waals surface area contributed by atoms with E-state index in [1.807, 2.05) is 36.4 Å². The molecule has 2 heterocycles. The first-order valence-electron chi connectivity index (χ1n) is 9.80. The first-order valence-corrected chi connectivity index (χ1v) is 10.2. The third-order valence-electron chi connectivity index (χ3n) is 4.83. The van der Waals surface area contributed by atoms with Gasteiger partial charge < -0.3 is 20.9 Å². The first-order chi connectivity index (χ1) is 14.1. The fraction of sp³-hybridized carbons (Fsp3) is 0.381. The van der Waals surface area contributed by atoms with Crippen LogP contribution in [0, 0.1) is 0 Å². The number of anilines is 2. The Balaban J connectivity index is 0.00000320. The summed E-state index contributed by atoms with van der Waals surface area (Å²) in [5.74, 6) is 1.28. The number of aryl methyl sites for hydroxylation is 1. The number of guanidine groups is 1. The summed E-state index contributed by atoms with van der Waals surface area (Å²) in [6.45, 7) is 3.86. The molecule has 1 atom stereocenters. The number of aromatic nitrogens is 1. The molecule has 162 valence electrons. The highest BCUT2D eigenvalue weighted by atomic mass is 127. The van der Waals surface area contributed by atoms with Gasteiger partial charge in [-0.15, -0.1) is 24.0 Å². The highest BCUT2D eigenvalue weighted by Crippen LogP contribution is 2.25. The molecular formula is C21H28ClIN6O. The molecule has 1 fully saturated rings. The van der Waals surface area contributed by atoms with Gasteiger partial charge in [-0.05, 0) is 42.7 Å². The topological polar surface area (TPSA) is 81.6 Å². The number of carbonyl (C=O) groups is 1. The summed E-state index contributed by atoms with van der Waals surface area (Å²) in [4.78, 5) is 23.0. The lowest BCUT2D eigenvalue weighted by atomic mass is 10.1. The number of rotatable bonds is 6. The summed E-state index contributed by atoms with van der Waals surface area (Å²) in [6.07, 6.45) is 3.61. The van der Waals surface area contributed by atoms with Crippen molar-refractivity contribution >= 4 is 58.9 Å². The van der Waals surface area contributed by atoms with Crippen LogP contribution in [0.25, 0.3) is 0 Å². The highest BCUT2D eigenvalue weighted by molar-refractivity contribution is 14.0. The molecule has 7 nitrogen and oxygen atoms in total. The Hall–Kier alpha value is -2.07. The van der Waals surface area contributed by atoms with Gasteiger partial charge in [0.05, 0.1) is 11.6 Å². The van der Waals surface area contributed by atoms with Crippen molar-refractivity contribution in [3.05, 3.63) is 53.2 Å². The molecule has 1 aliphatic heterocycles. The van der Waals surface area contributed by atoms with E-state index in [2.05, 4.69) is 37.8 Å². The average molecular weight is 543 g/mol. The Morgan fingerprint density at radius 2 is 2.17 bits per heavy atom. The summed E-state index contributed by atoms with van der Waals surface area (Å²) < 4.78 is 0. The zero-order valence-electron chi connectivity index (χ0n) is 17.2. The Morgan fingerprint density at radius 3 is 2.90 bits per heavy atom. The maximum Gasteiger partial charge on any atom is 0.243 e. The number of carbonyl (C=O) groups excluding carboxylic acids is 1. The molecule has 1 aromatic heterocycles. The average Bonchev–Trinajstić information content (AvgIpc) is 3.19. The fourth-order valence-electron chi connectivity index (χ4n) is 3.31. The predicted molar refractivity (Wildman–Crippen MR) is 134 cm³/mol. The molecule has 9 heteroatoms. The summed E-state index contributed by atoms with van der Waals surface area (Å²) in [5.41, 5.74) is 1.99. The Labute approximate surface area is 199 Å². The van der Waals surface area contributed by atoms with Crippen molar-refractivity contribution in [1.29, 1.82) is 0 Å². The molecule has 0 spiro atoms. The van der Waals surface area contributed by atoms with Crippen LogP contribution in [-0.2, 0) is 11.2 Å².